The zero-order valence-electron chi connectivity index (χ0n) is 12.8. The van der Waals surface area contributed by atoms with Gasteiger partial charge in [-0.15, -0.1) is 0 Å². The van der Waals surface area contributed by atoms with Gasteiger partial charge >= 0.3 is 0 Å². The van der Waals surface area contributed by atoms with Gasteiger partial charge in [-0.3, -0.25) is 4.79 Å². The van der Waals surface area contributed by atoms with Gasteiger partial charge in [0.2, 0.25) is 5.91 Å². The summed E-state index contributed by atoms with van der Waals surface area (Å²) in [6.07, 6.45) is 0.985. The highest BCUT2D eigenvalue weighted by Gasteiger charge is 2.12. The highest BCUT2D eigenvalue weighted by molar-refractivity contribution is 6.30. The highest BCUT2D eigenvalue weighted by Crippen LogP contribution is 2.20. The molecule has 1 heterocycles. The summed E-state index contributed by atoms with van der Waals surface area (Å²) >= 11 is 5.85. The van der Waals surface area contributed by atoms with Crippen molar-refractivity contribution in [2.24, 2.45) is 0 Å². The fourth-order valence-corrected chi connectivity index (χ4v) is 2.57. The number of rotatable bonds is 5. The molecular weight excluding hydrogens is 312 g/mol. The molecule has 23 heavy (non-hydrogen) atoms. The van der Waals surface area contributed by atoms with E-state index in [0.29, 0.717) is 22.8 Å². The first-order chi connectivity index (χ1) is 11.1. The fourth-order valence-electron chi connectivity index (χ4n) is 2.44. The lowest BCUT2D eigenvalue weighted by Crippen LogP contribution is -2.27. The van der Waals surface area contributed by atoms with Gasteiger partial charge in [0.1, 0.15) is 5.69 Å². The minimum absolute atomic E-state index is 0.0596. The van der Waals surface area contributed by atoms with Crippen LogP contribution in [-0.2, 0) is 17.6 Å². The van der Waals surface area contributed by atoms with Gasteiger partial charge in [0.05, 0.1) is 6.42 Å². The van der Waals surface area contributed by atoms with E-state index in [1.54, 1.807) is 0 Å². The number of carbonyl (C=O) groups excluding carboxylic acids is 1. The first-order valence-corrected chi connectivity index (χ1v) is 7.85. The lowest BCUT2D eigenvalue weighted by Gasteiger charge is -2.04. The maximum absolute atomic E-state index is 12.1. The van der Waals surface area contributed by atoms with E-state index in [9.17, 15) is 4.79 Å². The molecule has 1 N–H and O–H groups in total. The van der Waals surface area contributed by atoms with Crippen LogP contribution in [0, 0.1) is 6.92 Å². The summed E-state index contributed by atoms with van der Waals surface area (Å²) in [5.41, 5.74) is 3.63. The van der Waals surface area contributed by atoms with Gasteiger partial charge in [0, 0.05) is 17.0 Å². The van der Waals surface area contributed by atoms with Gasteiger partial charge in [-0.25, -0.2) is 0 Å². The van der Waals surface area contributed by atoms with Gasteiger partial charge < -0.3 is 9.84 Å². The van der Waals surface area contributed by atoms with E-state index in [2.05, 4.69) is 10.5 Å². The van der Waals surface area contributed by atoms with Crippen molar-refractivity contribution in [3.8, 4) is 0 Å². The number of hydrogen-bond donors (Lipinski definition) is 1. The summed E-state index contributed by atoms with van der Waals surface area (Å²) < 4.78 is 5.25. The van der Waals surface area contributed by atoms with Crippen molar-refractivity contribution in [2.75, 3.05) is 6.54 Å². The maximum Gasteiger partial charge on any atom is 0.226 e. The number of aromatic nitrogens is 1. The van der Waals surface area contributed by atoms with Crippen molar-refractivity contribution in [3.05, 3.63) is 64.3 Å². The molecule has 0 saturated carbocycles. The molecule has 0 fully saturated rings. The van der Waals surface area contributed by atoms with Gasteiger partial charge in [-0.1, -0.05) is 40.5 Å². The first-order valence-electron chi connectivity index (χ1n) is 7.48. The molecule has 0 radical (unpaired) electrons. The molecule has 118 valence electrons. The zero-order valence-corrected chi connectivity index (χ0v) is 13.6. The van der Waals surface area contributed by atoms with Crippen LogP contribution in [0.3, 0.4) is 0 Å². The molecule has 0 bridgehead atoms. The number of nitrogens with one attached hydrogen (secondary N) is 1. The summed E-state index contributed by atoms with van der Waals surface area (Å²) in [6, 6.07) is 13.4. The minimum atomic E-state index is -0.0596. The molecule has 1 amide bonds. The molecule has 3 aromatic rings. The summed E-state index contributed by atoms with van der Waals surface area (Å²) in [7, 11) is 0. The van der Waals surface area contributed by atoms with Crippen LogP contribution in [0.25, 0.3) is 11.0 Å². The molecule has 4 nitrogen and oxygen atoms in total. The van der Waals surface area contributed by atoms with Gasteiger partial charge in [0.15, 0.2) is 5.58 Å². The Bertz CT molecular complexity index is 825. The minimum Gasteiger partial charge on any atom is -0.356 e. The van der Waals surface area contributed by atoms with Crippen molar-refractivity contribution in [3.63, 3.8) is 0 Å². The van der Waals surface area contributed by atoms with Crippen molar-refractivity contribution in [1.82, 2.24) is 10.5 Å². The smallest absolute Gasteiger partial charge is 0.226 e. The molecule has 0 aliphatic rings. The maximum atomic E-state index is 12.1. The Morgan fingerprint density at radius 3 is 2.78 bits per heavy atom. The van der Waals surface area contributed by atoms with Crippen molar-refractivity contribution in [2.45, 2.75) is 19.8 Å². The average Bonchev–Trinajstić information content (AvgIpc) is 2.91. The molecule has 0 atom stereocenters. The van der Waals surface area contributed by atoms with Crippen molar-refractivity contribution in [1.29, 1.82) is 0 Å². The second-order valence-electron chi connectivity index (χ2n) is 5.53. The van der Waals surface area contributed by atoms with E-state index in [1.807, 2.05) is 49.4 Å². The van der Waals surface area contributed by atoms with E-state index >= 15 is 0 Å². The molecule has 3 rings (SSSR count). The molecule has 0 saturated heterocycles. The number of hydrogen-bond acceptors (Lipinski definition) is 3. The van der Waals surface area contributed by atoms with E-state index in [-0.39, 0.29) is 12.3 Å². The Morgan fingerprint density at radius 2 is 2.00 bits per heavy atom. The van der Waals surface area contributed by atoms with Gasteiger partial charge in [-0.2, -0.15) is 0 Å². The highest BCUT2D eigenvalue weighted by atomic mass is 35.5. The molecule has 2 aromatic carbocycles. The molecule has 0 aliphatic heterocycles. The number of nitrogens with zero attached hydrogens (tertiary/aromatic N) is 1. The Balaban J connectivity index is 1.56. The third kappa shape index (κ3) is 3.90. The Kier molecular flexibility index (Phi) is 4.63. The van der Waals surface area contributed by atoms with E-state index < -0.39 is 0 Å². The topological polar surface area (TPSA) is 55.1 Å². The number of fused-ring (bicyclic) bond motifs is 1. The van der Waals surface area contributed by atoms with Crippen LogP contribution in [-0.4, -0.2) is 17.6 Å². The lowest BCUT2D eigenvalue weighted by atomic mass is 10.1. The van der Waals surface area contributed by atoms with E-state index in [0.717, 1.165) is 22.9 Å². The standard InChI is InChI=1S/C18H17ClN2O2/c1-12-2-7-17-15(10-12)16(21-23-17)11-18(22)20-9-8-13-3-5-14(19)6-4-13/h2-7,10H,8-9,11H2,1H3,(H,20,22). The third-order valence-electron chi connectivity index (χ3n) is 3.68. The first kappa shape index (κ1) is 15.6. The zero-order chi connectivity index (χ0) is 16.2. The molecule has 1 aromatic heterocycles. The van der Waals surface area contributed by atoms with Crippen LogP contribution >= 0.6 is 11.6 Å². The molecule has 0 unspecified atom stereocenters. The molecular formula is C18H17ClN2O2. The SMILES string of the molecule is Cc1ccc2onc(CC(=O)NCCc3ccc(Cl)cc3)c2c1. The van der Waals surface area contributed by atoms with Crippen LogP contribution in [0.15, 0.2) is 47.0 Å². The second kappa shape index (κ2) is 6.84. The van der Waals surface area contributed by atoms with Crippen LogP contribution in [0.4, 0.5) is 0 Å². The Hall–Kier alpha value is -2.33. The fraction of sp³-hybridized carbons (Fsp3) is 0.222. The average molecular weight is 329 g/mol. The normalized spacial score (nSPS) is 10.9. The predicted octanol–water partition coefficient (Wildman–Crippen LogP) is 3.69. The quantitative estimate of drug-likeness (QED) is 0.777. The number of aryl methyl sites for hydroxylation is 1. The monoisotopic (exact) mass is 328 g/mol. The van der Waals surface area contributed by atoms with Crippen molar-refractivity contribution >= 4 is 28.5 Å². The van der Waals surface area contributed by atoms with E-state index in [4.69, 9.17) is 16.1 Å². The number of benzene rings is 2. The summed E-state index contributed by atoms with van der Waals surface area (Å²) in [5, 5.41) is 8.53. The Morgan fingerprint density at radius 1 is 1.22 bits per heavy atom. The van der Waals surface area contributed by atoms with Crippen LogP contribution < -0.4 is 5.32 Å². The van der Waals surface area contributed by atoms with Gasteiger partial charge in [-0.05, 0) is 43.2 Å². The summed E-state index contributed by atoms with van der Waals surface area (Å²) in [6.45, 7) is 2.58. The van der Waals surface area contributed by atoms with Crippen molar-refractivity contribution < 1.29 is 9.32 Å². The Labute approximate surface area is 139 Å². The molecule has 0 aliphatic carbocycles. The van der Waals surface area contributed by atoms with E-state index in [1.165, 1.54) is 0 Å². The van der Waals surface area contributed by atoms with Gasteiger partial charge in [0.25, 0.3) is 0 Å². The molecule has 0 spiro atoms. The lowest BCUT2D eigenvalue weighted by molar-refractivity contribution is -0.120. The van der Waals surface area contributed by atoms with Crippen LogP contribution in [0.5, 0.6) is 0 Å². The number of carbonyl (C=O) groups is 1. The largest absolute Gasteiger partial charge is 0.356 e. The summed E-state index contributed by atoms with van der Waals surface area (Å²) in [4.78, 5) is 12.1. The van der Waals surface area contributed by atoms with Crippen LogP contribution in [0.2, 0.25) is 5.02 Å². The number of halogens is 1. The molecule has 5 heteroatoms. The third-order valence-corrected chi connectivity index (χ3v) is 3.93. The second-order valence-corrected chi connectivity index (χ2v) is 5.97. The number of amides is 1. The van der Waals surface area contributed by atoms with Crippen LogP contribution in [0.1, 0.15) is 16.8 Å². The summed E-state index contributed by atoms with van der Waals surface area (Å²) in [5.74, 6) is -0.0596. The predicted molar refractivity (Wildman–Crippen MR) is 90.6 cm³/mol.